The summed E-state index contributed by atoms with van der Waals surface area (Å²) in [5.41, 5.74) is 0.804. The molecule has 3 rings (SSSR count). The molecule has 1 fully saturated rings. The van der Waals surface area contributed by atoms with Crippen LogP contribution in [0.15, 0.2) is 27.8 Å². The summed E-state index contributed by atoms with van der Waals surface area (Å²) in [4.78, 5) is 42.6. The molecule has 0 saturated carbocycles. The number of carbonyl (C=O) groups is 1. The summed E-state index contributed by atoms with van der Waals surface area (Å²) in [7, 11) is 0. The number of benzene rings is 1. The maximum atomic E-state index is 12.9. The van der Waals surface area contributed by atoms with Crippen LogP contribution in [0.3, 0.4) is 0 Å². The van der Waals surface area contributed by atoms with Crippen LogP contribution in [0, 0.1) is 6.92 Å². The van der Waals surface area contributed by atoms with Crippen molar-refractivity contribution in [1.29, 1.82) is 0 Å². The number of amides is 1. The molecule has 0 aliphatic carbocycles. The number of nitrogens with zero attached hydrogens (tertiary/aromatic N) is 4. The van der Waals surface area contributed by atoms with Gasteiger partial charge in [0.25, 0.3) is 5.56 Å². The topological polar surface area (TPSA) is 67.6 Å². The normalized spacial score (nSPS) is 15.4. The van der Waals surface area contributed by atoms with Gasteiger partial charge in [0.15, 0.2) is 0 Å². The lowest BCUT2D eigenvalue weighted by Gasteiger charge is -2.34. The molecule has 1 aromatic heterocycles. The molecule has 1 saturated heterocycles. The van der Waals surface area contributed by atoms with Crippen LogP contribution in [-0.4, -0.2) is 57.6 Å². The van der Waals surface area contributed by atoms with Crippen LogP contribution < -0.4 is 11.2 Å². The van der Waals surface area contributed by atoms with Gasteiger partial charge in [-0.3, -0.25) is 18.7 Å². The smallest absolute Gasteiger partial charge is 0.331 e. The summed E-state index contributed by atoms with van der Waals surface area (Å²) in [6.45, 7) is 10.3. The lowest BCUT2D eigenvalue weighted by Crippen LogP contribution is -2.50. The molecule has 0 N–H and O–H groups in total. The van der Waals surface area contributed by atoms with E-state index in [1.807, 2.05) is 24.8 Å². The van der Waals surface area contributed by atoms with E-state index >= 15 is 0 Å². The van der Waals surface area contributed by atoms with Crippen LogP contribution in [0.25, 0.3) is 10.9 Å². The highest BCUT2D eigenvalue weighted by atomic mass is 16.2. The Morgan fingerprint density at radius 2 is 1.74 bits per heavy atom. The molecule has 1 aliphatic rings. The number of rotatable bonds is 5. The van der Waals surface area contributed by atoms with E-state index in [1.165, 1.54) is 9.13 Å². The first-order valence-corrected chi connectivity index (χ1v) is 9.70. The second-order valence-electron chi connectivity index (χ2n) is 7.16. The van der Waals surface area contributed by atoms with Crippen molar-refractivity contribution in [3.05, 3.63) is 44.6 Å². The SMILES string of the molecule is CCCn1c(=O)c2cc(C)ccc2n(CC(=O)N2CCN(CC)CC2)c1=O. The molecule has 0 unspecified atom stereocenters. The van der Waals surface area contributed by atoms with Crippen molar-refractivity contribution in [3.8, 4) is 0 Å². The van der Waals surface area contributed by atoms with Gasteiger partial charge in [-0.05, 0) is 32.0 Å². The number of likely N-dealkylation sites (N-methyl/N-ethyl adjacent to an activating group) is 1. The number of fused-ring (bicyclic) bond motifs is 1. The van der Waals surface area contributed by atoms with Gasteiger partial charge in [-0.25, -0.2) is 4.79 Å². The Kier molecular flexibility index (Phi) is 5.79. The first kappa shape index (κ1) is 19.4. The largest absolute Gasteiger partial charge is 0.339 e. The molecule has 2 aromatic rings. The predicted molar refractivity (Wildman–Crippen MR) is 106 cm³/mol. The van der Waals surface area contributed by atoms with Gasteiger partial charge in [-0.15, -0.1) is 0 Å². The molecule has 1 aliphatic heterocycles. The Hall–Kier alpha value is -2.41. The fourth-order valence-electron chi connectivity index (χ4n) is 3.66. The zero-order chi connectivity index (χ0) is 19.6. The zero-order valence-corrected chi connectivity index (χ0v) is 16.4. The second kappa shape index (κ2) is 8.08. The van der Waals surface area contributed by atoms with Crippen LogP contribution in [0.5, 0.6) is 0 Å². The third-order valence-electron chi connectivity index (χ3n) is 5.29. The number of piperazine rings is 1. The molecule has 7 nitrogen and oxygen atoms in total. The van der Waals surface area contributed by atoms with Gasteiger partial charge in [-0.1, -0.05) is 25.5 Å². The van der Waals surface area contributed by atoms with Crippen molar-refractivity contribution in [2.24, 2.45) is 0 Å². The highest BCUT2D eigenvalue weighted by Crippen LogP contribution is 2.12. The van der Waals surface area contributed by atoms with Crippen molar-refractivity contribution in [2.75, 3.05) is 32.7 Å². The van der Waals surface area contributed by atoms with Crippen LogP contribution >= 0.6 is 0 Å². The van der Waals surface area contributed by atoms with Gasteiger partial charge in [0.05, 0.1) is 10.9 Å². The van der Waals surface area contributed by atoms with Gasteiger partial charge < -0.3 is 9.80 Å². The average Bonchev–Trinajstić information content (AvgIpc) is 2.68. The lowest BCUT2D eigenvalue weighted by molar-refractivity contribution is -0.133. The maximum absolute atomic E-state index is 12.9. The number of hydrogen-bond donors (Lipinski definition) is 0. The van der Waals surface area contributed by atoms with E-state index in [4.69, 9.17) is 0 Å². The highest BCUT2D eigenvalue weighted by molar-refractivity contribution is 5.82. The molecule has 0 bridgehead atoms. The number of carbonyl (C=O) groups excluding carboxylic acids is 1. The van der Waals surface area contributed by atoms with Gasteiger partial charge in [0.2, 0.25) is 5.91 Å². The molecule has 1 aromatic carbocycles. The highest BCUT2D eigenvalue weighted by Gasteiger charge is 2.22. The Balaban J connectivity index is 1.99. The monoisotopic (exact) mass is 372 g/mol. The third kappa shape index (κ3) is 3.83. The minimum Gasteiger partial charge on any atom is -0.339 e. The Morgan fingerprint density at radius 3 is 2.37 bits per heavy atom. The second-order valence-corrected chi connectivity index (χ2v) is 7.16. The number of aryl methyl sites for hydroxylation is 1. The van der Waals surface area contributed by atoms with Gasteiger partial charge in [-0.2, -0.15) is 0 Å². The fraction of sp³-hybridized carbons (Fsp3) is 0.550. The molecular weight excluding hydrogens is 344 g/mol. The standard InChI is InChI=1S/C20H28N4O3/c1-4-8-23-19(26)16-13-15(3)6-7-17(16)24(20(23)27)14-18(25)22-11-9-21(5-2)10-12-22/h6-7,13H,4-5,8-12,14H2,1-3H3. The fourth-order valence-corrected chi connectivity index (χ4v) is 3.66. The van der Waals surface area contributed by atoms with E-state index < -0.39 is 5.69 Å². The van der Waals surface area contributed by atoms with Crippen molar-refractivity contribution >= 4 is 16.8 Å². The Morgan fingerprint density at radius 1 is 1.04 bits per heavy atom. The molecule has 2 heterocycles. The van der Waals surface area contributed by atoms with Crippen LogP contribution in [0.2, 0.25) is 0 Å². The summed E-state index contributed by atoms with van der Waals surface area (Å²) < 4.78 is 2.71. The van der Waals surface area contributed by atoms with Gasteiger partial charge in [0.1, 0.15) is 6.54 Å². The summed E-state index contributed by atoms with van der Waals surface area (Å²) in [6, 6.07) is 5.43. The van der Waals surface area contributed by atoms with E-state index in [0.29, 0.717) is 37.0 Å². The third-order valence-corrected chi connectivity index (χ3v) is 5.29. The first-order chi connectivity index (χ1) is 13.0. The molecule has 0 radical (unpaired) electrons. The van der Waals surface area contributed by atoms with Crippen molar-refractivity contribution in [3.63, 3.8) is 0 Å². The maximum Gasteiger partial charge on any atom is 0.331 e. The van der Waals surface area contributed by atoms with Crippen molar-refractivity contribution < 1.29 is 4.79 Å². The molecule has 146 valence electrons. The van der Waals surface area contributed by atoms with E-state index in [-0.39, 0.29) is 18.0 Å². The Labute approximate surface area is 158 Å². The van der Waals surface area contributed by atoms with E-state index in [2.05, 4.69) is 11.8 Å². The van der Waals surface area contributed by atoms with Gasteiger partial charge in [0, 0.05) is 32.7 Å². The minimum absolute atomic E-state index is 0.0332. The van der Waals surface area contributed by atoms with E-state index in [0.717, 1.165) is 25.2 Å². The van der Waals surface area contributed by atoms with E-state index in [1.54, 1.807) is 12.1 Å². The Bertz CT molecular complexity index is 952. The summed E-state index contributed by atoms with van der Waals surface area (Å²) in [5, 5.41) is 0.492. The predicted octanol–water partition coefficient (Wildman–Crippen LogP) is 1.05. The minimum atomic E-state index is -0.404. The summed E-state index contributed by atoms with van der Waals surface area (Å²) >= 11 is 0. The first-order valence-electron chi connectivity index (χ1n) is 9.70. The quantitative estimate of drug-likeness (QED) is 0.787. The lowest BCUT2D eigenvalue weighted by atomic mass is 10.1. The van der Waals surface area contributed by atoms with Crippen molar-refractivity contribution in [2.45, 2.75) is 40.3 Å². The molecule has 0 atom stereocenters. The number of aromatic nitrogens is 2. The average molecular weight is 372 g/mol. The van der Waals surface area contributed by atoms with Crippen molar-refractivity contribution in [1.82, 2.24) is 18.9 Å². The van der Waals surface area contributed by atoms with E-state index in [9.17, 15) is 14.4 Å². The molecular formula is C20H28N4O3. The van der Waals surface area contributed by atoms with Gasteiger partial charge >= 0.3 is 5.69 Å². The molecule has 0 spiro atoms. The van der Waals surface area contributed by atoms with Crippen LogP contribution in [-0.2, 0) is 17.9 Å². The molecule has 1 amide bonds. The molecule has 7 heteroatoms. The van der Waals surface area contributed by atoms with Crippen LogP contribution in [0.1, 0.15) is 25.8 Å². The summed E-state index contributed by atoms with van der Waals surface area (Å²) in [5.74, 6) is -0.0728. The van der Waals surface area contributed by atoms with Crippen LogP contribution in [0.4, 0.5) is 0 Å². The summed E-state index contributed by atoms with van der Waals surface area (Å²) in [6.07, 6.45) is 0.680. The number of hydrogen-bond acceptors (Lipinski definition) is 4. The zero-order valence-electron chi connectivity index (χ0n) is 16.4. The molecule has 27 heavy (non-hydrogen) atoms.